The van der Waals surface area contributed by atoms with Crippen molar-refractivity contribution in [2.45, 2.75) is 85.1 Å². The molecule has 0 unspecified atom stereocenters. The van der Waals surface area contributed by atoms with Crippen LogP contribution in [-0.4, -0.2) is 163 Å². The van der Waals surface area contributed by atoms with E-state index in [1.807, 2.05) is 40.3 Å². The van der Waals surface area contributed by atoms with E-state index in [0.717, 1.165) is 22.3 Å². The molecule has 0 aromatic heterocycles. The molecule has 79 heavy (non-hydrogen) atoms. The lowest BCUT2D eigenvalue weighted by atomic mass is 9.91. The molecule has 0 saturated heterocycles. The second kappa shape index (κ2) is 30.4. The normalized spacial score (nSPS) is 17.9. The van der Waals surface area contributed by atoms with Crippen LogP contribution in [0.4, 0.5) is 0 Å². The van der Waals surface area contributed by atoms with E-state index < -0.39 is 25.6 Å². The molecule has 0 fully saturated rings. The van der Waals surface area contributed by atoms with E-state index in [4.69, 9.17) is 80.6 Å². The largest absolute Gasteiger partial charge is 0.484 e. The molecular weight excluding hydrogens is 1140 g/mol. The minimum absolute atomic E-state index is 0.0145. The Labute approximate surface area is 484 Å². The maximum absolute atomic E-state index is 12.9. The van der Waals surface area contributed by atoms with E-state index in [9.17, 15) is 26.4 Å². The first-order valence-corrected chi connectivity index (χ1v) is 30.5. The van der Waals surface area contributed by atoms with E-state index in [0.29, 0.717) is 57.3 Å². The number of benzene rings is 4. The highest BCUT2D eigenvalue weighted by atomic mass is 35.5. The molecule has 4 aromatic rings. The van der Waals surface area contributed by atoms with Crippen molar-refractivity contribution in [3.05, 3.63) is 115 Å². The smallest absolute Gasteiger partial charge is 0.240 e. The van der Waals surface area contributed by atoms with Gasteiger partial charge >= 0.3 is 0 Å². The van der Waals surface area contributed by atoms with Crippen molar-refractivity contribution in [2.75, 3.05) is 107 Å². The highest BCUT2D eigenvalue weighted by Gasteiger charge is 2.39. The first kappa shape index (κ1) is 64.3. The molecule has 19 nitrogen and oxygen atoms in total. The summed E-state index contributed by atoms with van der Waals surface area (Å²) in [7, 11) is 0.279. The molecule has 0 aliphatic heterocycles. The fourth-order valence-corrected chi connectivity index (χ4v) is 12.3. The number of rotatable bonds is 34. The van der Waals surface area contributed by atoms with Gasteiger partial charge in [-0.2, -0.15) is 0 Å². The first-order valence-electron chi connectivity index (χ1n) is 26.0. The third kappa shape index (κ3) is 19.6. The summed E-state index contributed by atoms with van der Waals surface area (Å²) < 4.78 is 91.6. The SMILES string of the molecule is CN(C)[C@@H]1Cc2cc(Cl)cc(Cl)c2[C@H]1Oc1ccc(S(=O)(=O)NCCOCCOCCNC(=O)CC[C@@](C)(N)CCC(=O)NCCOCCOCCNS(=O)(=O)c2ccc(O[C@H]3c4cc(Cl)cc(Cl)c4C[C@@H]3N(C)C)cc2)cc1. The van der Waals surface area contributed by atoms with Crippen LogP contribution in [-0.2, 0) is 61.4 Å². The van der Waals surface area contributed by atoms with Crippen LogP contribution in [0.5, 0.6) is 11.5 Å². The second-order valence-corrected chi connectivity index (χ2v) is 25.2. The van der Waals surface area contributed by atoms with Gasteiger partial charge in [0.05, 0.1) is 74.7 Å². The first-order chi connectivity index (χ1) is 37.5. The van der Waals surface area contributed by atoms with Crippen molar-refractivity contribution < 1.29 is 54.8 Å². The Balaban J connectivity index is 0.726. The molecule has 0 bridgehead atoms. The van der Waals surface area contributed by atoms with Gasteiger partial charge in [0.15, 0.2) is 0 Å². The molecule has 2 aliphatic rings. The van der Waals surface area contributed by atoms with Gasteiger partial charge in [-0.05, 0) is 145 Å². The van der Waals surface area contributed by atoms with Crippen molar-refractivity contribution in [3.63, 3.8) is 0 Å². The van der Waals surface area contributed by atoms with E-state index in [-0.39, 0.29) is 138 Å². The number of carbonyl (C=O) groups excluding carboxylic acids is 2. The Morgan fingerprint density at radius 2 is 1.00 bits per heavy atom. The molecule has 0 spiro atoms. The van der Waals surface area contributed by atoms with Crippen molar-refractivity contribution >= 4 is 78.3 Å². The number of nitrogens with two attached hydrogens (primary N) is 1. The second-order valence-electron chi connectivity index (χ2n) is 20.0. The Morgan fingerprint density at radius 3 is 1.47 bits per heavy atom. The number of hydrogen-bond donors (Lipinski definition) is 5. The maximum Gasteiger partial charge on any atom is 0.240 e. The number of hydrogen-bond acceptors (Lipinski definition) is 15. The fourth-order valence-electron chi connectivity index (χ4n) is 9.07. The monoisotopic (exact) mass is 1220 g/mol. The van der Waals surface area contributed by atoms with Crippen LogP contribution in [0.25, 0.3) is 0 Å². The molecule has 0 radical (unpaired) electrons. The minimum atomic E-state index is -3.80. The Kier molecular flexibility index (Phi) is 24.8. The molecule has 6 rings (SSSR count). The maximum atomic E-state index is 12.9. The fraction of sp³-hybridized carbons (Fsp3) is 0.519. The lowest BCUT2D eigenvalue weighted by molar-refractivity contribution is -0.121. The number of nitrogens with one attached hydrogen (secondary N) is 4. The Morgan fingerprint density at radius 1 is 0.582 bits per heavy atom. The number of fused-ring (bicyclic) bond motifs is 2. The molecule has 436 valence electrons. The zero-order chi connectivity index (χ0) is 57.3. The van der Waals surface area contributed by atoms with Crippen molar-refractivity contribution in [2.24, 2.45) is 5.73 Å². The van der Waals surface area contributed by atoms with Gasteiger partial charge < -0.3 is 54.6 Å². The van der Waals surface area contributed by atoms with Crippen molar-refractivity contribution in [1.82, 2.24) is 29.9 Å². The molecule has 2 aliphatic carbocycles. The number of ether oxygens (including phenoxy) is 6. The van der Waals surface area contributed by atoms with Crippen LogP contribution in [0.1, 0.15) is 67.1 Å². The van der Waals surface area contributed by atoms with Gasteiger partial charge in [-0.3, -0.25) is 9.59 Å². The number of likely N-dealkylation sites (N-methyl/N-ethyl adjacent to an activating group) is 2. The standard InChI is InChI=1S/C54H73Cl4N7O12S2/c1-54(59,16-14-49(66)60-18-22-72-26-28-74-24-20-62-78(68,69)41-10-6-39(7-11-41)76-52-44-32-38(56)33-45(57)43(44)35-48(52)65(4)5)17-15-50(67)61-19-23-73-27-29-75-25-21-63-79(70,71)42-12-8-40(9-13-42)77-53-47(64(2)3)31-36-30-37(55)34-46(58)51(36)53/h6-13,30,32-34,47-48,52-53,62-63H,14-29,31,35,59H2,1-5H3,(H,60,66)(H,61,67)/t47-,48+,52+,53+,54+/m1/s1. The lowest BCUT2D eigenvalue weighted by Gasteiger charge is -2.27. The minimum Gasteiger partial charge on any atom is -0.484 e. The summed E-state index contributed by atoms with van der Waals surface area (Å²) in [4.78, 5) is 29.2. The Hall–Kier alpha value is -3.88. The van der Waals surface area contributed by atoms with Gasteiger partial charge in [-0.1, -0.05) is 46.4 Å². The zero-order valence-electron chi connectivity index (χ0n) is 45.2. The van der Waals surface area contributed by atoms with Crippen LogP contribution in [0.15, 0.2) is 82.6 Å². The molecular formula is C54H73Cl4N7O12S2. The van der Waals surface area contributed by atoms with Crippen LogP contribution < -0.4 is 35.3 Å². The quantitative estimate of drug-likeness (QED) is 0.0321. The predicted molar refractivity (Wildman–Crippen MR) is 306 cm³/mol. The predicted octanol–water partition coefficient (Wildman–Crippen LogP) is 6.35. The van der Waals surface area contributed by atoms with E-state index >= 15 is 0 Å². The molecule has 0 saturated carbocycles. The van der Waals surface area contributed by atoms with Crippen molar-refractivity contribution in [1.29, 1.82) is 0 Å². The summed E-state index contributed by atoms with van der Waals surface area (Å²) in [5.74, 6) is 0.632. The molecule has 2 amide bonds. The summed E-state index contributed by atoms with van der Waals surface area (Å²) in [5, 5.41) is 7.79. The third-order valence-corrected chi connectivity index (χ3v) is 17.5. The van der Waals surface area contributed by atoms with Gasteiger partial charge in [0.25, 0.3) is 0 Å². The van der Waals surface area contributed by atoms with Gasteiger partial charge in [0.2, 0.25) is 31.9 Å². The number of halogens is 4. The highest BCUT2D eigenvalue weighted by Crippen LogP contribution is 2.44. The van der Waals surface area contributed by atoms with Crippen LogP contribution >= 0.6 is 46.4 Å². The summed E-state index contributed by atoms with van der Waals surface area (Å²) in [6.45, 7) is 4.20. The Bertz CT molecular complexity index is 2870. The van der Waals surface area contributed by atoms with Gasteiger partial charge in [-0.15, -0.1) is 0 Å². The van der Waals surface area contributed by atoms with Gasteiger partial charge in [-0.25, -0.2) is 26.3 Å². The molecule has 0 heterocycles. The highest BCUT2D eigenvalue weighted by molar-refractivity contribution is 7.89. The topological polar surface area (TPSA) is 238 Å². The number of carbonyl (C=O) groups is 2. The lowest BCUT2D eigenvalue weighted by Crippen LogP contribution is -2.40. The molecule has 5 atom stereocenters. The zero-order valence-corrected chi connectivity index (χ0v) is 49.8. The van der Waals surface area contributed by atoms with Gasteiger partial charge in [0, 0.05) is 75.8 Å². The number of amides is 2. The van der Waals surface area contributed by atoms with Crippen molar-refractivity contribution in [3.8, 4) is 11.5 Å². The van der Waals surface area contributed by atoms with E-state index in [2.05, 4.69) is 29.9 Å². The molecule has 6 N–H and O–H groups in total. The summed E-state index contributed by atoms with van der Waals surface area (Å²) >= 11 is 25.6. The van der Waals surface area contributed by atoms with Crippen LogP contribution in [0.2, 0.25) is 20.1 Å². The van der Waals surface area contributed by atoms with E-state index in [1.54, 1.807) is 43.3 Å². The van der Waals surface area contributed by atoms with E-state index in [1.165, 1.54) is 24.3 Å². The average Bonchev–Trinajstić information content (AvgIpc) is 4.18. The third-order valence-electron chi connectivity index (χ3n) is 13.4. The summed E-state index contributed by atoms with van der Waals surface area (Å²) in [6.07, 6.45) is 1.81. The van der Waals surface area contributed by atoms with Gasteiger partial charge in [0.1, 0.15) is 23.7 Å². The average molecular weight is 1220 g/mol. The molecule has 4 aromatic carbocycles. The van der Waals surface area contributed by atoms with Crippen LogP contribution in [0.3, 0.4) is 0 Å². The summed E-state index contributed by atoms with van der Waals surface area (Å²) in [5.41, 5.74) is 9.45. The summed E-state index contributed by atoms with van der Waals surface area (Å²) in [6, 6.07) is 19.7. The molecule has 25 heteroatoms. The van der Waals surface area contributed by atoms with Crippen LogP contribution in [0, 0.1) is 0 Å². The number of nitrogens with zero attached hydrogens (tertiary/aromatic N) is 2. The number of sulfonamides is 2.